The Balaban J connectivity index is -0.000000720. The van der Waals surface area contributed by atoms with E-state index in [-0.39, 0.29) is 30.6 Å². The first-order chi connectivity index (χ1) is 6.12. The summed E-state index contributed by atoms with van der Waals surface area (Å²) in [5, 5.41) is 0. The zero-order chi connectivity index (χ0) is 10.2. The summed E-state index contributed by atoms with van der Waals surface area (Å²) in [6, 6.07) is 0. The van der Waals surface area contributed by atoms with Crippen molar-refractivity contribution >= 4 is 56.4 Å². The molecule has 0 saturated heterocycles. The van der Waals surface area contributed by atoms with Gasteiger partial charge in [0.1, 0.15) is 0 Å². The van der Waals surface area contributed by atoms with Crippen LogP contribution < -0.4 is 10.5 Å². The number of nitrogens with one attached hydrogen (secondary N) is 1. The van der Waals surface area contributed by atoms with Gasteiger partial charge in [0.05, 0.1) is 5.75 Å². The third-order valence-electron chi connectivity index (χ3n) is 1.17. The Bertz CT molecular complexity index is 214. The molecule has 0 aliphatic carbocycles. The molecular weight excluding hydrogens is 299 g/mol. The molecule has 0 atom stereocenters. The van der Waals surface area contributed by atoms with E-state index in [2.05, 4.69) is 4.72 Å². The van der Waals surface area contributed by atoms with Crippen molar-refractivity contribution in [1.82, 2.24) is 4.72 Å². The lowest BCUT2D eigenvalue weighted by molar-refractivity contribution is 0.585. The van der Waals surface area contributed by atoms with Crippen LogP contribution in [0.1, 0.15) is 6.92 Å². The highest BCUT2D eigenvalue weighted by atomic mass is 35.5. The molecule has 0 unspecified atom stereocenters. The van der Waals surface area contributed by atoms with Crippen molar-refractivity contribution in [2.45, 2.75) is 6.92 Å². The average Bonchev–Trinajstić information content (AvgIpc) is 2.11. The summed E-state index contributed by atoms with van der Waals surface area (Å²) in [6.45, 7) is 2.79. The molecule has 4 nitrogen and oxygen atoms in total. The van der Waals surface area contributed by atoms with E-state index in [0.717, 1.165) is 11.5 Å². The lowest BCUT2D eigenvalue weighted by Crippen LogP contribution is -2.27. The fraction of sp³-hybridized carbons (Fsp3) is 1.00. The molecule has 0 spiro atoms. The molecular formula is C6H18Cl2N2O2S3. The molecule has 15 heavy (non-hydrogen) atoms. The molecule has 0 aromatic heterocycles. The van der Waals surface area contributed by atoms with Crippen molar-refractivity contribution in [1.29, 1.82) is 0 Å². The fourth-order valence-electron chi connectivity index (χ4n) is 0.507. The molecule has 0 aliphatic rings. The first kappa shape index (κ1) is 21.4. The summed E-state index contributed by atoms with van der Waals surface area (Å²) in [5.41, 5.74) is 5.29. The van der Waals surface area contributed by atoms with Gasteiger partial charge < -0.3 is 5.73 Å². The lowest BCUT2D eigenvalue weighted by Gasteiger charge is -2.02. The number of hydrogen-bond acceptors (Lipinski definition) is 5. The first-order valence-corrected chi connectivity index (χ1v) is 8.18. The maximum Gasteiger partial charge on any atom is 0.211 e. The molecule has 0 aromatic rings. The monoisotopic (exact) mass is 316 g/mol. The largest absolute Gasteiger partial charge is 0.330 e. The zero-order valence-electron chi connectivity index (χ0n) is 8.47. The van der Waals surface area contributed by atoms with Crippen LogP contribution in [0, 0.1) is 0 Å². The molecule has 0 aliphatic heterocycles. The highest BCUT2D eigenvalue weighted by Gasteiger charge is 2.03. The van der Waals surface area contributed by atoms with Crippen LogP contribution in [-0.4, -0.2) is 38.8 Å². The summed E-state index contributed by atoms with van der Waals surface area (Å²) < 4.78 is 24.4. The summed E-state index contributed by atoms with van der Waals surface area (Å²) in [4.78, 5) is 0. The molecule has 0 rings (SSSR count). The minimum absolute atomic E-state index is 0. The van der Waals surface area contributed by atoms with Gasteiger partial charge in [0, 0.05) is 24.6 Å². The van der Waals surface area contributed by atoms with Crippen LogP contribution in [0.5, 0.6) is 0 Å². The highest BCUT2D eigenvalue weighted by molar-refractivity contribution is 8.76. The molecule has 0 heterocycles. The van der Waals surface area contributed by atoms with Crippen LogP contribution in [0.25, 0.3) is 0 Å². The van der Waals surface area contributed by atoms with E-state index < -0.39 is 10.0 Å². The summed E-state index contributed by atoms with van der Waals surface area (Å²) in [6.07, 6.45) is 0. The molecule has 0 bridgehead atoms. The molecule has 3 N–H and O–H groups in total. The van der Waals surface area contributed by atoms with Gasteiger partial charge in [-0.15, -0.1) is 24.8 Å². The molecule has 0 aromatic carbocycles. The molecule has 0 amide bonds. The normalized spacial score (nSPS) is 10.3. The second-order valence-corrected chi connectivity index (χ2v) is 7.03. The van der Waals surface area contributed by atoms with Gasteiger partial charge in [-0.2, -0.15) is 0 Å². The van der Waals surface area contributed by atoms with Gasteiger partial charge in [-0.3, -0.25) is 0 Å². The second-order valence-electron chi connectivity index (χ2n) is 2.23. The predicted octanol–water partition coefficient (Wildman–Crippen LogP) is 1.11. The van der Waals surface area contributed by atoms with Crippen LogP contribution in [-0.2, 0) is 10.0 Å². The smallest absolute Gasteiger partial charge is 0.211 e. The van der Waals surface area contributed by atoms with Gasteiger partial charge in [0.25, 0.3) is 0 Å². The highest BCUT2D eigenvalue weighted by Crippen LogP contribution is 2.18. The van der Waals surface area contributed by atoms with Crippen LogP contribution >= 0.6 is 46.4 Å². The van der Waals surface area contributed by atoms with Crippen molar-refractivity contribution in [2.75, 3.05) is 30.3 Å². The van der Waals surface area contributed by atoms with E-state index >= 15 is 0 Å². The van der Waals surface area contributed by atoms with Gasteiger partial charge in [-0.05, 0) is 6.92 Å². The van der Waals surface area contributed by atoms with Crippen LogP contribution in [0.4, 0.5) is 0 Å². The maximum absolute atomic E-state index is 10.9. The van der Waals surface area contributed by atoms with Gasteiger partial charge >= 0.3 is 0 Å². The summed E-state index contributed by atoms with van der Waals surface area (Å²) in [5.74, 6) is 1.84. The van der Waals surface area contributed by atoms with Gasteiger partial charge in [-0.25, -0.2) is 13.1 Å². The Hall–Kier alpha value is 1.15. The number of sulfonamides is 1. The quantitative estimate of drug-likeness (QED) is 0.518. The minimum Gasteiger partial charge on any atom is -0.330 e. The topological polar surface area (TPSA) is 72.2 Å². The number of rotatable bonds is 8. The molecule has 96 valence electrons. The third-order valence-corrected chi connectivity index (χ3v) is 5.02. The van der Waals surface area contributed by atoms with Crippen molar-refractivity contribution in [3.8, 4) is 0 Å². The second kappa shape index (κ2) is 13.2. The van der Waals surface area contributed by atoms with E-state index in [4.69, 9.17) is 5.73 Å². The van der Waals surface area contributed by atoms with Crippen molar-refractivity contribution in [3.05, 3.63) is 0 Å². The van der Waals surface area contributed by atoms with E-state index in [1.54, 1.807) is 28.5 Å². The van der Waals surface area contributed by atoms with E-state index in [9.17, 15) is 8.42 Å². The standard InChI is InChI=1S/C6H16N2O2S3.2ClH/c1-2-13(9,10)8-4-6-12-11-5-3-7;;/h8H,2-7H2,1H3;2*1H. The van der Waals surface area contributed by atoms with Crippen LogP contribution in [0.2, 0.25) is 0 Å². The zero-order valence-corrected chi connectivity index (χ0v) is 12.6. The van der Waals surface area contributed by atoms with Gasteiger partial charge in [0.2, 0.25) is 10.0 Å². The van der Waals surface area contributed by atoms with E-state index in [1.165, 1.54) is 0 Å². The van der Waals surface area contributed by atoms with E-state index in [0.29, 0.717) is 13.1 Å². The van der Waals surface area contributed by atoms with E-state index in [1.807, 2.05) is 0 Å². The van der Waals surface area contributed by atoms with Crippen LogP contribution in [0.3, 0.4) is 0 Å². The summed E-state index contributed by atoms with van der Waals surface area (Å²) >= 11 is 0. The SMILES string of the molecule is CCS(=O)(=O)NCCSSCCN.Cl.Cl. The Kier molecular flexibility index (Phi) is 18.9. The van der Waals surface area contributed by atoms with Crippen molar-refractivity contribution in [3.63, 3.8) is 0 Å². The van der Waals surface area contributed by atoms with Gasteiger partial charge in [-0.1, -0.05) is 21.6 Å². The Labute approximate surface area is 112 Å². The maximum atomic E-state index is 10.9. The molecule has 0 saturated carbocycles. The minimum atomic E-state index is -3.01. The Morgan fingerprint density at radius 3 is 2.20 bits per heavy atom. The first-order valence-electron chi connectivity index (χ1n) is 4.04. The lowest BCUT2D eigenvalue weighted by atomic mass is 10.8. The number of hydrogen-bond donors (Lipinski definition) is 2. The van der Waals surface area contributed by atoms with Crippen molar-refractivity contribution in [2.24, 2.45) is 5.73 Å². The molecule has 0 fully saturated rings. The summed E-state index contributed by atoms with van der Waals surface area (Å²) in [7, 11) is 0.297. The third kappa shape index (κ3) is 15.1. The fourth-order valence-corrected chi connectivity index (χ4v) is 3.02. The predicted molar refractivity (Wildman–Crippen MR) is 75.9 cm³/mol. The Morgan fingerprint density at radius 1 is 1.20 bits per heavy atom. The Morgan fingerprint density at radius 2 is 1.73 bits per heavy atom. The number of halogens is 2. The molecule has 9 heteroatoms. The average molecular weight is 317 g/mol. The van der Waals surface area contributed by atoms with Crippen LogP contribution in [0.15, 0.2) is 0 Å². The number of nitrogens with two attached hydrogens (primary N) is 1. The van der Waals surface area contributed by atoms with Gasteiger partial charge in [0.15, 0.2) is 0 Å². The van der Waals surface area contributed by atoms with Crippen molar-refractivity contribution < 1.29 is 8.42 Å². The molecule has 0 radical (unpaired) electrons.